The molecule has 0 aliphatic rings. The Morgan fingerprint density at radius 3 is 2.61 bits per heavy atom. The van der Waals surface area contributed by atoms with Gasteiger partial charge in [0, 0.05) is 11.8 Å². The Hall–Kier alpha value is -3.66. The molecule has 7 heteroatoms. The largest absolute Gasteiger partial charge is 0.479 e. The quantitative estimate of drug-likeness (QED) is 0.584. The van der Waals surface area contributed by atoms with Crippen LogP contribution in [0, 0.1) is 24.1 Å². The number of halogens is 1. The molecule has 6 nitrogen and oxygen atoms in total. The second-order valence-corrected chi connectivity index (χ2v) is 5.88. The van der Waals surface area contributed by atoms with Crippen molar-refractivity contribution >= 4 is 23.6 Å². The zero-order valence-corrected chi connectivity index (χ0v) is 15.4. The van der Waals surface area contributed by atoms with Crippen LogP contribution in [0.3, 0.4) is 0 Å². The summed E-state index contributed by atoms with van der Waals surface area (Å²) in [7, 11) is 0. The molecule has 2 aromatic rings. The minimum atomic E-state index is -1.05. The van der Waals surface area contributed by atoms with Crippen molar-refractivity contribution in [2.24, 2.45) is 0 Å². The van der Waals surface area contributed by atoms with Gasteiger partial charge in [0.05, 0.1) is 0 Å². The average Bonchev–Trinajstić information content (AvgIpc) is 2.68. The van der Waals surface area contributed by atoms with Crippen molar-refractivity contribution in [2.45, 2.75) is 20.0 Å². The van der Waals surface area contributed by atoms with Crippen molar-refractivity contribution in [3.63, 3.8) is 0 Å². The number of ether oxygens (including phenoxy) is 2. The van der Waals surface area contributed by atoms with E-state index in [0.717, 1.165) is 0 Å². The number of hydrogen-bond acceptors (Lipinski definition) is 5. The maximum Gasteiger partial charge on any atom is 0.331 e. The van der Waals surface area contributed by atoms with Gasteiger partial charge in [0.15, 0.2) is 12.7 Å². The fourth-order valence-corrected chi connectivity index (χ4v) is 2.14. The monoisotopic (exact) mass is 382 g/mol. The van der Waals surface area contributed by atoms with Crippen LogP contribution in [0.5, 0.6) is 5.75 Å². The molecular weight excluding hydrogens is 363 g/mol. The SMILES string of the molecule is Cc1ccc(NC(=O)C(C)OC(=O)/C=C/c2ccc(OCC#N)cc2)cc1F. The Kier molecular flexibility index (Phi) is 7.28. The molecule has 1 atom stereocenters. The van der Waals surface area contributed by atoms with E-state index in [2.05, 4.69) is 5.32 Å². The van der Waals surface area contributed by atoms with Crippen LogP contribution in [0.25, 0.3) is 6.08 Å². The minimum absolute atomic E-state index is 0.0449. The molecule has 0 saturated carbocycles. The van der Waals surface area contributed by atoms with Crippen molar-refractivity contribution < 1.29 is 23.5 Å². The first-order valence-corrected chi connectivity index (χ1v) is 8.44. The smallest absolute Gasteiger partial charge is 0.331 e. The lowest BCUT2D eigenvalue weighted by Crippen LogP contribution is -2.29. The number of esters is 1. The second kappa shape index (κ2) is 9.88. The van der Waals surface area contributed by atoms with Crippen molar-refractivity contribution in [3.05, 3.63) is 65.5 Å². The number of carbonyl (C=O) groups is 2. The predicted molar refractivity (Wildman–Crippen MR) is 102 cm³/mol. The molecule has 0 heterocycles. The summed E-state index contributed by atoms with van der Waals surface area (Å²) in [6.45, 7) is 2.99. The first-order valence-electron chi connectivity index (χ1n) is 8.44. The molecular formula is C21H19FN2O4. The highest BCUT2D eigenvalue weighted by atomic mass is 19.1. The van der Waals surface area contributed by atoms with Crippen molar-refractivity contribution in [2.75, 3.05) is 11.9 Å². The summed E-state index contributed by atoms with van der Waals surface area (Å²) in [6, 6.07) is 12.9. The third kappa shape index (κ3) is 6.25. The highest BCUT2D eigenvalue weighted by Gasteiger charge is 2.17. The van der Waals surface area contributed by atoms with E-state index in [1.807, 2.05) is 6.07 Å². The molecule has 0 spiro atoms. The lowest BCUT2D eigenvalue weighted by Gasteiger charge is -2.12. The zero-order valence-electron chi connectivity index (χ0n) is 15.4. The molecule has 0 saturated heterocycles. The summed E-state index contributed by atoms with van der Waals surface area (Å²) < 4.78 is 23.7. The van der Waals surface area contributed by atoms with Gasteiger partial charge < -0.3 is 14.8 Å². The molecule has 0 aliphatic heterocycles. The number of aryl methyl sites for hydroxylation is 1. The highest BCUT2D eigenvalue weighted by Crippen LogP contribution is 2.15. The lowest BCUT2D eigenvalue weighted by atomic mass is 10.2. The van der Waals surface area contributed by atoms with Gasteiger partial charge in [-0.3, -0.25) is 4.79 Å². The number of benzene rings is 2. The molecule has 1 N–H and O–H groups in total. The van der Waals surface area contributed by atoms with E-state index in [1.54, 1.807) is 43.3 Å². The molecule has 2 aromatic carbocycles. The number of nitrogens with zero attached hydrogens (tertiary/aromatic N) is 1. The number of rotatable bonds is 7. The molecule has 28 heavy (non-hydrogen) atoms. The Morgan fingerprint density at radius 2 is 1.96 bits per heavy atom. The summed E-state index contributed by atoms with van der Waals surface area (Å²) in [6.07, 6.45) is 1.67. The minimum Gasteiger partial charge on any atom is -0.479 e. The highest BCUT2D eigenvalue weighted by molar-refractivity contribution is 5.96. The summed E-state index contributed by atoms with van der Waals surface area (Å²) in [4.78, 5) is 24.0. The van der Waals surface area contributed by atoms with E-state index in [9.17, 15) is 14.0 Å². The molecule has 0 aliphatic carbocycles. The van der Waals surface area contributed by atoms with Gasteiger partial charge in [-0.1, -0.05) is 18.2 Å². The fourth-order valence-electron chi connectivity index (χ4n) is 2.14. The summed E-state index contributed by atoms with van der Waals surface area (Å²) in [5.41, 5.74) is 1.46. The van der Waals surface area contributed by atoms with Crippen molar-refractivity contribution in [3.8, 4) is 11.8 Å². The molecule has 0 bridgehead atoms. The van der Waals surface area contributed by atoms with E-state index < -0.39 is 23.8 Å². The molecule has 0 aromatic heterocycles. The third-order valence-corrected chi connectivity index (χ3v) is 3.70. The van der Waals surface area contributed by atoms with Gasteiger partial charge in [0.2, 0.25) is 0 Å². The normalized spacial score (nSPS) is 11.5. The first kappa shape index (κ1) is 20.6. The number of nitriles is 1. The Labute approximate surface area is 162 Å². The average molecular weight is 382 g/mol. The number of carbonyl (C=O) groups excluding carboxylic acids is 2. The molecule has 0 radical (unpaired) electrons. The van der Waals surface area contributed by atoms with Crippen LogP contribution in [0.1, 0.15) is 18.1 Å². The van der Waals surface area contributed by atoms with Crippen LogP contribution in [-0.4, -0.2) is 24.6 Å². The van der Waals surface area contributed by atoms with Gasteiger partial charge in [-0.05, 0) is 55.3 Å². The van der Waals surface area contributed by atoms with E-state index in [-0.39, 0.29) is 12.3 Å². The molecule has 2 rings (SSSR count). The van der Waals surface area contributed by atoms with Crippen LogP contribution in [0.2, 0.25) is 0 Å². The maximum absolute atomic E-state index is 13.5. The molecule has 144 valence electrons. The maximum atomic E-state index is 13.5. The van der Waals surface area contributed by atoms with Crippen molar-refractivity contribution in [1.29, 1.82) is 5.26 Å². The fraction of sp³-hybridized carbons (Fsp3) is 0.190. The van der Waals surface area contributed by atoms with Gasteiger partial charge in [0.25, 0.3) is 5.91 Å². The second-order valence-electron chi connectivity index (χ2n) is 5.88. The summed E-state index contributed by atoms with van der Waals surface area (Å²) in [5, 5.41) is 11.0. The number of anilines is 1. The van der Waals surface area contributed by atoms with Gasteiger partial charge in [0.1, 0.15) is 17.6 Å². The lowest BCUT2D eigenvalue weighted by molar-refractivity contribution is -0.148. The van der Waals surface area contributed by atoms with Crippen LogP contribution in [0.15, 0.2) is 48.5 Å². The Bertz CT molecular complexity index is 917. The van der Waals surface area contributed by atoms with E-state index in [1.165, 1.54) is 25.1 Å². The number of nitrogens with one attached hydrogen (secondary N) is 1. The number of amides is 1. The predicted octanol–water partition coefficient (Wildman–Crippen LogP) is 3.62. The van der Waals surface area contributed by atoms with Crippen molar-refractivity contribution in [1.82, 2.24) is 0 Å². The molecule has 1 unspecified atom stereocenters. The van der Waals surface area contributed by atoms with Crippen LogP contribution in [-0.2, 0) is 14.3 Å². The Morgan fingerprint density at radius 1 is 1.25 bits per heavy atom. The number of hydrogen-bond donors (Lipinski definition) is 1. The topological polar surface area (TPSA) is 88.4 Å². The van der Waals surface area contributed by atoms with Gasteiger partial charge >= 0.3 is 5.97 Å². The molecule has 0 fully saturated rings. The molecule has 1 amide bonds. The zero-order chi connectivity index (χ0) is 20.5. The standard InChI is InChI=1S/C21H19FN2O4/c1-14-3-7-17(13-19(14)22)24-21(26)15(2)28-20(25)10-6-16-4-8-18(9-5-16)27-12-11-23/h3-10,13,15H,12H2,1-2H3,(H,24,26)/b10-6+. The van der Waals surface area contributed by atoms with Crippen LogP contribution >= 0.6 is 0 Å². The third-order valence-electron chi connectivity index (χ3n) is 3.70. The van der Waals surface area contributed by atoms with E-state index >= 15 is 0 Å². The van der Waals surface area contributed by atoms with Crippen LogP contribution < -0.4 is 10.1 Å². The van der Waals surface area contributed by atoms with E-state index in [4.69, 9.17) is 14.7 Å². The van der Waals surface area contributed by atoms with Crippen LogP contribution in [0.4, 0.5) is 10.1 Å². The van der Waals surface area contributed by atoms with Gasteiger partial charge in [-0.15, -0.1) is 0 Å². The Balaban J connectivity index is 1.87. The van der Waals surface area contributed by atoms with Gasteiger partial charge in [-0.25, -0.2) is 9.18 Å². The van der Waals surface area contributed by atoms with E-state index in [0.29, 0.717) is 16.9 Å². The summed E-state index contributed by atoms with van der Waals surface area (Å²) in [5.74, 6) is -1.15. The first-order chi connectivity index (χ1) is 13.4. The summed E-state index contributed by atoms with van der Waals surface area (Å²) >= 11 is 0. The van der Waals surface area contributed by atoms with Gasteiger partial charge in [-0.2, -0.15) is 5.26 Å².